The van der Waals surface area contributed by atoms with Crippen molar-refractivity contribution in [3.63, 3.8) is 0 Å². The van der Waals surface area contributed by atoms with Gasteiger partial charge in [0.1, 0.15) is 0 Å². The third-order valence-electron chi connectivity index (χ3n) is 4.97. The molecule has 1 aliphatic rings. The highest BCUT2D eigenvalue weighted by molar-refractivity contribution is 6.02. The lowest BCUT2D eigenvalue weighted by Gasteiger charge is -2.13. The molecule has 4 heteroatoms. The Morgan fingerprint density at radius 1 is 1.04 bits per heavy atom. The van der Waals surface area contributed by atoms with Gasteiger partial charge in [-0.3, -0.25) is 4.68 Å². The second kappa shape index (κ2) is 6.73. The summed E-state index contributed by atoms with van der Waals surface area (Å²) in [6, 6.07) is 14.9. The fraction of sp³-hybridized carbons (Fsp3) is 0.286. The van der Waals surface area contributed by atoms with Gasteiger partial charge in [-0.1, -0.05) is 42.5 Å². The molecule has 0 saturated carbocycles. The zero-order valence-electron chi connectivity index (χ0n) is 14.3. The van der Waals surface area contributed by atoms with Crippen molar-refractivity contribution in [1.82, 2.24) is 9.78 Å². The van der Waals surface area contributed by atoms with Crippen LogP contribution in [-0.2, 0) is 6.54 Å². The zero-order chi connectivity index (χ0) is 17.2. The highest BCUT2D eigenvalue weighted by Gasteiger charge is 2.13. The molecule has 0 atom stereocenters. The summed E-state index contributed by atoms with van der Waals surface area (Å²) in [5, 5.41) is 14.6. The van der Waals surface area contributed by atoms with Crippen LogP contribution in [0.25, 0.3) is 27.6 Å². The molecule has 0 amide bonds. The lowest BCUT2D eigenvalue weighted by Crippen LogP contribution is -2.03. The fourth-order valence-electron chi connectivity index (χ4n) is 3.73. The molecule has 0 bridgehead atoms. The van der Waals surface area contributed by atoms with E-state index in [2.05, 4.69) is 41.5 Å². The van der Waals surface area contributed by atoms with Crippen LogP contribution < -0.4 is 5.73 Å². The summed E-state index contributed by atoms with van der Waals surface area (Å²) in [6.45, 7) is 0.495. The minimum absolute atomic E-state index is 0.0459. The van der Waals surface area contributed by atoms with E-state index < -0.39 is 0 Å². The van der Waals surface area contributed by atoms with Gasteiger partial charge in [0.15, 0.2) is 5.82 Å². The summed E-state index contributed by atoms with van der Waals surface area (Å²) >= 11 is 0. The number of fused-ring (bicyclic) bond motifs is 1. The minimum Gasteiger partial charge on any atom is -0.394 e. The smallest absolute Gasteiger partial charge is 0.154 e. The van der Waals surface area contributed by atoms with E-state index in [1.165, 1.54) is 36.8 Å². The van der Waals surface area contributed by atoms with Crippen molar-refractivity contribution in [3.05, 3.63) is 54.1 Å². The number of aromatic nitrogens is 2. The SMILES string of the molecule is Nc1nn(CCO)c2cccc(-c3ccc(C4=CCCCC4)cc3)c12. The van der Waals surface area contributed by atoms with E-state index in [4.69, 9.17) is 5.73 Å². The Morgan fingerprint density at radius 3 is 2.56 bits per heavy atom. The summed E-state index contributed by atoms with van der Waals surface area (Å²) in [5.41, 5.74) is 12.1. The first-order valence-corrected chi connectivity index (χ1v) is 8.93. The second-order valence-electron chi connectivity index (χ2n) is 6.58. The highest BCUT2D eigenvalue weighted by atomic mass is 16.3. The molecule has 4 nitrogen and oxygen atoms in total. The third-order valence-corrected chi connectivity index (χ3v) is 4.97. The molecule has 2 aromatic carbocycles. The first-order valence-electron chi connectivity index (χ1n) is 8.93. The summed E-state index contributed by atoms with van der Waals surface area (Å²) < 4.78 is 1.77. The van der Waals surface area contributed by atoms with Gasteiger partial charge in [0.05, 0.1) is 24.1 Å². The van der Waals surface area contributed by atoms with Crippen LogP contribution in [-0.4, -0.2) is 21.5 Å². The number of nitrogens with zero attached hydrogens (tertiary/aromatic N) is 2. The molecule has 3 N–H and O–H groups in total. The largest absolute Gasteiger partial charge is 0.394 e. The van der Waals surface area contributed by atoms with Crippen LogP contribution in [0.5, 0.6) is 0 Å². The predicted octanol–water partition coefficient (Wildman–Crippen LogP) is 4.24. The molecule has 0 radical (unpaired) electrons. The van der Waals surface area contributed by atoms with Crippen LogP contribution in [0.3, 0.4) is 0 Å². The van der Waals surface area contributed by atoms with Crippen LogP contribution in [0.1, 0.15) is 31.2 Å². The second-order valence-corrected chi connectivity index (χ2v) is 6.58. The van der Waals surface area contributed by atoms with E-state index in [0.717, 1.165) is 22.0 Å². The quantitative estimate of drug-likeness (QED) is 0.751. The Hall–Kier alpha value is -2.59. The number of allylic oxidation sites excluding steroid dienone is 2. The van der Waals surface area contributed by atoms with E-state index in [0.29, 0.717) is 12.4 Å². The molecule has 1 aliphatic carbocycles. The lowest BCUT2D eigenvalue weighted by molar-refractivity contribution is 0.272. The van der Waals surface area contributed by atoms with Crippen molar-refractivity contribution in [1.29, 1.82) is 0 Å². The lowest BCUT2D eigenvalue weighted by atomic mass is 9.92. The van der Waals surface area contributed by atoms with Crippen molar-refractivity contribution < 1.29 is 5.11 Å². The Morgan fingerprint density at radius 2 is 1.84 bits per heavy atom. The first-order chi connectivity index (χ1) is 12.3. The molecule has 3 aromatic rings. The number of nitrogens with two attached hydrogens (primary N) is 1. The number of nitrogen functional groups attached to an aromatic ring is 1. The van der Waals surface area contributed by atoms with Gasteiger partial charge in [-0.2, -0.15) is 5.10 Å². The molecule has 25 heavy (non-hydrogen) atoms. The molecular weight excluding hydrogens is 310 g/mol. The van der Waals surface area contributed by atoms with Crippen molar-refractivity contribution in [2.75, 3.05) is 12.3 Å². The van der Waals surface area contributed by atoms with Gasteiger partial charge >= 0.3 is 0 Å². The van der Waals surface area contributed by atoms with Crippen LogP contribution >= 0.6 is 0 Å². The first kappa shape index (κ1) is 15.9. The predicted molar refractivity (Wildman–Crippen MR) is 103 cm³/mol. The molecule has 0 unspecified atom stereocenters. The summed E-state index contributed by atoms with van der Waals surface area (Å²) in [7, 11) is 0. The number of rotatable bonds is 4. The Balaban J connectivity index is 1.75. The van der Waals surface area contributed by atoms with Crippen LogP contribution in [0.2, 0.25) is 0 Å². The number of hydrogen-bond acceptors (Lipinski definition) is 3. The highest BCUT2D eigenvalue weighted by Crippen LogP contribution is 2.34. The number of hydrogen-bond donors (Lipinski definition) is 2. The van der Waals surface area contributed by atoms with Gasteiger partial charge in [0.25, 0.3) is 0 Å². The van der Waals surface area contributed by atoms with E-state index in [1.54, 1.807) is 4.68 Å². The maximum atomic E-state index is 9.22. The fourth-order valence-corrected chi connectivity index (χ4v) is 3.73. The number of anilines is 1. The topological polar surface area (TPSA) is 64.1 Å². The Bertz CT molecular complexity index is 922. The maximum Gasteiger partial charge on any atom is 0.154 e. The van der Waals surface area contributed by atoms with Crippen molar-refractivity contribution in [3.8, 4) is 11.1 Å². The molecule has 0 saturated heterocycles. The molecule has 0 spiro atoms. The van der Waals surface area contributed by atoms with Crippen molar-refractivity contribution in [2.45, 2.75) is 32.2 Å². The van der Waals surface area contributed by atoms with Gasteiger partial charge in [0.2, 0.25) is 0 Å². The van der Waals surface area contributed by atoms with E-state index in [9.17, 15) is 5.11 Å². The van der Waals surface area contributed by atoms with Crippen molar-refractivity contribution in [2.24, 2.45) is 0 Å². The van der Waals surface area contributed by atoms with Crippen LogP contribution in [0.15, 0.2) is 48.5 Å². The molecule has 0 fully saturated rings. The molecule has 1 heterocycles. The number of aliphatic hydroxyl groups is 1. The number of aliphatic hydroxyl groups excluding tert-OH is 1. The van der Waals surface area contributed by atoms with Crippen molar-refractivity contribution >= 4 is 22.3 Å². The van der Waals surface area contributed by atoms with Gasteiger partial charge in [-0.05, 0) is 54.0 Å². The molecule has 128 valence electrons. The zero-order valence-corrected chi connectivity index (χ0v) is 14.3. The average molecular weight is 333 g/mol. The van der Waals surface area contributed by atoms with Gasteiger partial charge in [-0.25, -0.2) is 0 Å². The third kappa shape index (κ3) is 2.94. The van der Waals surface area contributed by atoms with E-state index in [1.807, 2.05) is 12.1 Å². The van der Waals surface area contributed by atoms with Gasteiger partial charge in [-0.15, -0.1) is 0 Å². The average Bonchev–Trinajstić information content (AvgIpc) is 2.99. The minimum atomic E-state index is 0.0459. The van der Waals surface area contributed by atoms with Crippen LogP contribution in [0, 0.1) is 0 Å². The molecule has 4 rings (SSSR count). The van der Waals surface area contributed by atoms with E-state index in [-0.39, 0.29) is 6.61 Å². The molecule has 1 aromatic heterocycles. The Labute approximate surface area is 147 Å². The normalized spacial score (nSPS) is 14.7. The summed E-state index contributed by atoms with van der Waals surface area (Å²) in [6.07, 6.45) is 7.33. The Kier molecular flexibility index (Phi) is 4.28. The standard InChI is InChI=1S/C21H23N3O/c22-21-20-18(7-4-8-19(20)24(23-21)13-14-25)17-11-9-16(10-12-17)15-5-2-1-3-6-15/h4-5,7-12,25H,1-3,6,13-14H2,(H2,22,23). The number of benzene rings is 2. The summed E-state index contributed by atoms with van der Waals surface area (Å²) in [5.74, 6) is 0.512. The van der Waals surface area contributed by atoms with Gasteiger partial charge < -0.3 is 10.8 Å². The van der Waals surface area contributed by atoms with E-state index >= 15 is 0 Å². The monoisotopic (exact) mass is 333 g/mol. The van der Waals surface area contributed by atoms with Crippen LogP contribution in [0.4, 0.5) is 5.82 Å². The molecule has 0 aliphatic heterocycles. The van der Waals surface area contributed by atoms with Gasteiger partial charge in [0, 0.05) is 0 Å². The molecular formula is C21H23N3O. The summed E-state index contributed by atoms with van der Waals surface area (Å²) in [4.78, 5) is 0. The maximum absolute atomic E-state index is 9.22.